The van der Waals surface area contributed by atoms with Crippen molar-refractivity contribution in [2.45, 2.75) is 6.42 Å². The molecule has 0 spiro atoms. The van der Waals surface area contributed by atoms with Crippen LogP contribution < -0.4 is 0 Å². The summed E-state index contributed by atoms with van der Waals surface area (Å²) in [5.41, 5.74) is 0. The lowest BCUT2D eigenvalue weighted by Crippen LogP contribution is -1.88. The molecule has 0 aliphatic rings. The second kappa shape index (κ2) is 11.8. The van der Waals surface area contributed by atoms with Crippen molar-refractivity contribution in [3.63, 3.8) is 0 Å². The van der Waals surface area contributed by atoms with E-state index in [4.69, 9.17) is 5.11 Å². The van der Waals surface area contributed by atoms with Gasteiger partial charge >= 0.3 is 5.97 Å². The van der Waals surface area contributed by atoms with Crippen LogP contribution in [0.5, 0.6) is 0 Å². The predicted molar refractivity (Wildman–Crippen MR) is 41.9 cm³/mol. The van der Waals surface area contributed by atoms with Gasteiger partial charge in [0.25, 0.3) is 6.47 Å². The van der Waals surface area contributed by atoms with Crippen molar-refractivity contribution in [3.05, 3.63) is 0 Å². The Morgan fingerprint density at radius 2 is 2.08 bits per heavy atom. The van der Waals surface area contributed by atoms with Crippen LogP contribution >= 0.6 is 0 Å². The monoisotopic (exact) mass is 168 g/mol. The number of terminal acetylenes is 2. The van der Waals surface area contributed by atoms with Gasteiger partial charge in [-0.1, -0.05) is 11.8 Å². The molecule has 0 aliphatic heterocycles. The highest BCUT2D eigenvalue weighted by atomic mass is 16.5. The van der Waals surface area contributed by atoms with Crippen LogP contribution in [0.25, 0.3) is 0 Å². The molecule has 12 heavy (non-hydrogen) atoms. The Hall–Kier alpha value is -1.94. The van der Waals surface area contributed by atoms with Crippen molar-refractivity contribution in [3.8, 4) is 24.7 Å². The molecule has 4 nitrogen and oxygen atoms in total. The molecule has 0 unspecified atom stereocenters. The van der Waals surface area contributed by atoms with Gasteiger partial charge in [-0.15, -0.1) is 12.8 Å². The second-order valence-corrected chi connectivity index (χ2v) is 1.39. The Labute approximate surface area is 70.5 Å². The fraction of sp³-hybridized carbons (Fsp3) is 0.250. The zero-order chi connectivity index (χ0) is 9.82. The Balaban J connectivity index is 0. The van der Waals surface area contributed by atoms with Crippen LogP contribution in [0.4, 0.5) is 0 Å². The van der Waals surface area contributed by atoms with Crippen molar-refractivity contribution in [1.82, 2.24) is 0 Å². The van der Waals surface area contributed by atoms with Gasteiger partial charge in [0.1, 0.15) is 6.42 Å². The smallest absolute Gasteiger partial charge is 0.315 e. The molecule has 0 aromatic heterocycles. The number of carboxylic acids is 1. The average molecular weight is 168 g/mol. The van der Waals surface area contributed by atoms with Gasteiger partial charge < -0.3 is 9.84 Å². The largest absolute Gasteiger partial charge is 0.481 e. The first kappa shape index (κ1) is 12.7. The van der Waals surface area contributed by atoms with E-state index in [1.807, 2.05) is 5.92 Å². The minimum atomic E-state index is -0.947. The quantitative estimate of drug-likeness (QED) is 0.362. The summed E-state index contributed by atoms with van der Waals surface area (Å²) in [6, 6.07) is 0. The Bertz CT molecular complexity index is 206. The van der Waals surface area contributed by atoms with Crippen molar-refractivity contribution >= 4 is 12.4 Å². The third-order valence-corrected chi connectivity index (χ3v) is 0.488. The van der Waals surface area contributed by atoms with Gasteiger partial charge in [0, 0.05) is 0 Å². The minimum Gasteiger partial charge on any atom is -0.481 e. The van der Waals surface area contributed by atoms with Crippen LogP contribution in [0.3, 0.4) is 0 Å². The van der Waals surface area contributed by atoms with Crippen LogP contribution in [-0.4, -0.2) is 24.2 Å². The SMILES string of the molecule is C#CCC(=O)O.C#CCOC=O. The molecule has 0 fully saturated rings. The number of hydrogen-bond donors (Lipinski definition) is 1. The van der Waals surface area contributed by atoms with Crippen molar-refractivity contribution in [2.75, 3.05) is 6.61 Å². The zero-order valence-electron chi connectivity index (χ0n) is 6.32. The molecular weight excluding hydrogens is 160 g/mol. The number of rotatable bonds is 3. The first-order valence-electron chi connectivity index (χ1n) is 2.83. The van der Waals surface area contributed by atoms with E-state index in [9.17, 15) is 9.59 Å². The van der Waals surface area contributed by atoms with Crippen molar-refractivity contribution in [1.29, 1.82) is 0 Å². The van der Waals surface area contributed by atoms with Gasteiger partial charge in [0.05, 0.1) is 0 Å². The van der Waals surface area contributed by atoms with E-state index in [-0.39, 0.29) is 13.0 Å². The fourth-order valence-electron chi connectivity index (χ4n) is 0.169. The molecule has 0 atom stereocenters. The van der Waals surface area contributed by atoms with E-state index in [1.165, 1.54) is 0 Å². The molecule has 0 radical (unpaired) electrons. The maximum Gasteiger partial charge on any atom is 0.315 e. The van der Waals surface area contributed by atoms with Gasteiger partial charge in [0.2, 0.25) is 0 Å². The summed E-state index contributed by atoms with van der Waals surface area (Å²) in [5.74, 6) is 3.14. The third kappa shape index (κ3) is 24.4. The molecule has 0 bridgehead atoms. The van der Waals surface area contributed by atoms with E-state index in [2.05, 4.69) is 23.5 Å². The maximum atomic E-state index is 9.46. The number of hydrogen-bond acceptors (Lipinski definition) is 3. The van der Waals surface area contributed by atoms with Gasteiger partial charge in [-0.3, -0.25) is 9.59 Å². The number of carboxylic acid groups (broad SMARTS) is 1. The summed E-state index contributed by atoms with van der Waals surface area (Å²) in [5, 5.41) is 7.77. The Morgan fingerprint density at radius 1 is 1.50 bits per heavy atom. The highest BCUT2D eigenvalue weighted by Gasteiger charge is 1.84. The number of aliphatic carboxylic acids is 1. The van der Waals surface area contributed by atoms with E-state index in [0.717, 1.165) is 0 Å². The zero-order valence-corrected chi connectivity index (χ0v) is 6.32. The van der Waals surface area contributed by atoms with E-state index < -0.39 is 5.97 Å². The van der Waals surface area contributed by atoms with E-state index in [1.54, 1.807) is 0 Å². The maximum absolute atomic E-state index is 9.46. The fourth-order valence-corrected chi connectivity index (χ4v) is 0.169. The summed E-state index contributed by atoms with van der Waals surface area (Å²) in [6.45, 7) is 0.392. The standard InChI is InChI=1S/2C4H4O2/c1-2-3-6-4-5;1-2-3-4(5)6/h1,4H,3H2;1H,3H2,(H,5,6). The van der Waals surface area contributed by atoms with Gasteiger partial charge in [-0.25, -0.2) is 0 Å². The predicted octanol–water partition coefficient (Wildman–Crippen LogP) is -0.113. The molecule has 4 heteroatoms. The summed E-state index contributed by atoms with van der Waals surface area (Å²) in [7, 11) is 0. The van der Waals surface area contributed by atoms with Gasteiger partial charge in [0.15, 0.2) is 6.61 Å². The first-order valence-corrected chi connectivity index (χ1v) is 2.83. The summed E-state index contributed by atoms with van der Waals surface area (Å²) in [4.78, 5) is 18.7. The molecule has 0 saturated carbocycles. The molecule has 0 rings (SSSR count). The lowest BCUT2D eigenvalue weighted by Gasteiger charge is -1.79. The molecule has 0 aromatic rings. The minimum absolute atomic E-state index is 0.0729. The van der Waals surface area contributed by atoms with Crippen molar-refractivity contribution < 1.29 is 19.4 Å². The molecule has 0 amide bonds. The van der Waals surface area contributed by atoms with Gasteiger partial charge in [-0.2, -0.15) is 0 Å². The second-order valence-electron chi connectivity index (χ2n) is 1.39. The Morgan fingerprint density at radius 3 is 2.17 bits per heavy atom. The topological polar surface area (TPSA) is 63.6 Å². The summed E-state index contributed by atoms with van der Waals surface area (Å²) >= 11 is 0. The molecule has 64 valence electrons. The molecule has 0 saturated heterocycles. The lowest BCUT2D eigenvalue weighted by atomic mass is 10.5. The number of carbonyl (C=O) groups excluding carboxylic acids is 1. The molecule has 0 aliphatic carbocycles. The first-order chi connectivity index (χ1) is 5.68. The van der Waals surface area contributed by atoms with Crippen LogP contribution in [-0.2, 0) is 14.3 Å². The molecule has 0 heterocycles. The number of ether oxygens (including phenoxy) is 1. The van der Waals surface area contributed by atoms with Gasteiger partial charge in [-0.05, 0) is 0 Å². The third-order valence-electron chi connectivity index (χ3n) is 0.488. The van der Waals surface area contributed by atoms with Crippen LogP contribution in [0.2, 0.25) is 0 Å². The van der Waals surface area contributed by atoms with Crippen LogP contribution in [0.15, 0.2) is 0 Å². The highest BCUT2D eigenvalue weighted by molar-refractivity contribution is 5.69. The van der Waals surface area contributed by atoms with Crippen LogP contribution in [0, 0.1) is 24.7 Å². The number of carbonyl (C=O) groups is 2. The summed E-state index contributed by atoms with van der Waals surface area (Å²) in [6.07, 6.45) is 9.10. The average Bonchev–Trinajstić information content (AvgIpc) is 2.02. The van der Waals surface area contributed by atoms with E-state index >= 15 is 0 Å². The highest BCUT2D eigenvalue weighted by Crippen LogP contribution is 1.68. The lowest BCUT2D eigenvalue weighted by molar-refractivity contribution is -0.135. The summed E-state index contributed by atoms with van der Waals surface area (Å²) < 4.78 is 4.07. The van der Waals surface area contributed by atoms with Crippen LogP contribution in [0.1, 0.15) is 6.42 Å². The Kier molecular flexibility index (Phi) is 12.5. The van der Waals surface area contributed by atoms with Crippen molar-refractivity contribution in [2.24, 2.45) is 0 Å². The molecule has 0 aromatic carbocycles. The normalized spacial score (nSPS) is 6.17. The molecule has 1 N–H and O–H groups in total. The van der Waals surface area contributed by atoms with E-state index in [0.29, 0.717) is 6.47 Å². The molecular formula is C8H8O4.